The first-order valence-corrected chi connectivity index (χ1v) is 23.3. The van der Waals surface area contributed by atoms with Gasteiger partial charge in [0.05, 0.1) is 37.4 Å². The molecule has 0 bridgehead atoms. The van der Waals surface area contributed by atoms with Crippen LogP contribution in [0.25, 0.3) is 55.6 Å². The van der Waals surface area contributed by atoms with E-state index < -0.39 is 8.07 Å². The van der Waals surface area contributed by atoms with Crippen LogP contribution in [0.3, 0.4) is 0 Å². The SMILES string of the molecule is [CH2-]c1cc(C)c(C)cc1-c1cc(C)c([Si](C)(C)C)c[n+]1[CH2-].[CH2-]c1cc2oc3cc(-c4cccc(C(C)(C)C)c4)ccc3c2cc1-c1cc(CC(C)C)cc[n+]1[CH2-].[Ir]. The molecule has 1 radical (unpaired) electrons. The third kappa shape index (κ3) is 9.39. The van der Waals surface area contributed by atoms with E-state index >= 15 is 0 Å². The van der Waals surface area contributed by atoms with Crippen molar-refractivity contribution in [1.29, 1.82) is 0 Å². The van der Waals surface area contributed by atoms with Crippen molar-refractivity contribution < 1.29 is 33.7 Å². The molecule has 0 N–H and O–H groups in total. The van der Waals surface area contributed by atoms with Gasteiger partial charge in [0.2, 0.25) is 0 Å². The Bertz CT molecular complexity index is 2580. The summed E-state index contributed by atoms with van der Waals surface area (Å²) in [7, 11) is 7.10. The van der Waals surface area contributed by atoms with E-state index in [0.717, 1.165) is 62.0 Å². The van der Waals surface area contributed by atoms with Crippen molar-refractivity contribution >= 4 is 35.2 Å². The van der Waals surface area contributed by atoms with Crippen LogP contribution >= 0.6 is 0 Å². The molecule has 7 aromatic rings. The number of aromatic nitrogens is 2. The summed E-state index contributed by atoms with van der Waals surface area (Å²) < 4.78 is 10.3. The Balaban J connectivity index is 0.000000242. The van der Waals surface area contributed by atoms with Crippen molar-refractivity contribution in [3.8, 4) is 33.6 Å². The first-order chi connectivity index (χ1) is 26.2. The standard InChI is InChI=1S/C33H34NO.C19H26NSi.Ir/c1-21(2)15-23-13-14-34(7)30(17-23)28-20-29-27-12-11-25(19-32(27)35-31(29)16-22(28)3)24-9-8-10-26(18-24)33(4,5)6;1-13-9-15(3)17(10-14(13)2)18-11-16(4)19(12-20(18)5)21(6,7)8;/h8-14,16-21H,3,7,15H2,1-2,4-6H3;9-12H,3,5H2,1-2,4,6-8H3;/q2*-1;. The summed E-state index contributed by atoms with van der Waals surface area (Å²) in [6.45, 7) is 33.4. The second-order valence-electron chi connectivity index (χ2n) is 18.2. The fourth-order valence-electron chi connectivity index (χ4n) is 7.68. The topological polar surface area (TPSA) is 20.9 Å². The summed E-state index contributed by atoms with van der Waals surface area (Å²) in [6, 6.07) is 30.6. The minimum Gasteiger partial charge on any atom is -0.469 e. The third-order valence-corrected chi connectivity index (χ3v) is 13.1. The van der Waals surface area contributed by atoms with Gasteiger partial charge >= 0.3 is 0 Å². The number of rotatable bonds is 6. The predicted molar refractivity (Wildman–Crippen MR) is 242 cm³/mol. The first kappa shape index (κ1) is 43.4. The number of nitrogens with zero attached hydrogens (tertiary/aromatic N) is 2. The van der Waals surface area contributed by atoms with Crippen molar-refractivity contribution in [3.63, 3.8) is 0 Å². The van der Waals surface area contributed by atoms with Crippen molar-refractivity contribution in [2.75, 3.05) is 0 Å². The van der Waals surface area contributed by atoms with Gasteiger partial charge in [0.1, 0.15) is 5.58 Å². The molecule has 3 aromatic heterocycles. The van der Waals surface area contributed by atoms with Gasteiger partial charge < -0.3 is 13.6 Å². The van der Waals surface area contributed by atoms with Crippen LogP contribution in [0.5, 0.6) is 0 Å². The molecule has 0 aliphatic carbocycles. The summed E-state index contributed by atoms with van der Waals surface area (Å²) in [5.41, 5.74) is 17.3. The Kier molecular flexibility index (Phi) is 12.7. The average molecular weight is 949 g/mol. The van der Waals surface area contributed by atoms with Gasteiger partial charge in [-0.3, -0.25) is 0 Å². The number of pyridine rings is 2. The monoisotopic (exact) mass is 949 g/mol. The maximum Gasteiger partial charge on any atom is 0.134 e. The molecule has 0 unspecified atom stereocenters. The molecule has 0 spiro atoms. The first-order valence-electron chi connectivity index (χ1n) is 19.8. The molecule has 0 atom stereocenters. The molecule has 0 amide bonds. The minimum atomic E-state index is -1.34. The Morgan fingerprint density at radius 2 is 1.28 bits per heavy atom. The zero-order chi connectivity index (χ0) is 40.9. The molecule has 5 heteroatoms. The fraction of sp³-hybridized carbons (Fsp3) is 0.269. The normalized spacial score (nSPS) is 11.8. The van der Waals surface area contributed by atoms with Crippen LogP contribution in [0.2, 0.25) is 19.6 Å². The molecule has 0 fully saturated rings. The van der Waals surface area contributed by atoms with Crippen molar-refractivity contribution in [3.05, 3.63) is 164 Å². The largest absolute Gasteiger partial charge is 0.469 e. The zero-order valence-electron chi connectivity index (χ0n) is 36.0. The van der Waals surface area contributed by atoms with Gasteiger partial charge in [-0.2, -0.15) is 31.0 Å². The number of aryl methyl sites for hydroxylation is 3. The van der Waals surface area contributed by atoms with E-state index in [0.29, 0.717) is 5.92 Å². The molecule has 0 aliphatic rings. The Hall–Kier alpha value is -4.67. The molecule has 299 valence electrons. The molecular weight excluding hydrogens is 889 g/mol. The number of hydrogen-bond donors (Lipinski definition) is 0. The Labute approximate surface area is 357 Å². The fourth-order valence-corrected chi connectivity index (χ4v) is 9.47. The van der Waals surface area contributed by atoms with Gasteiger partial charge in [-0.25, -0.2) is 0 Å². The van der Waals surface area contributed by atoms with Gasteiger partial charge in [0.25, 0.3) is 0 Å². The second-order valence-corrected chi connectivity index (χ2v) is 23.2. The van der Waals surface area contributed by atoms with Crippen LogP contribution in [-0.4, -0.2) is 8.07 Å². The third-order valence-electron chi connectivity index (χ3n) is 11.0. The van der Waals surface area contributed by atoms with Crippen LogP contribution in [0, 0.1) is 54.6 Å². The molecule has 4 aromatic carbocycles. The molecule has 57 heavy (non-hydrogen) atoms. The average Bonchev–Trinajstić information content (AvgIpc) is 3.47. The van der Waals surface area contributed by atoms with Gasteiger partial charge in [0.15, 0.2) is 0 Å². The molecule has 0 saturated heterocycles. The van der Waals surface area contributed by atoms with Crippen molar-refractivity contribution in [2.24, 2.45) is 5.92 Å². The van der Waals surface area contributed by atoms with Crippen molar-refractivity contribution in [1.82, 2.24) is 0 Å². The van der Waals surface area contributed by atoms with E-state index in [-0.39, 0.29) is 25.5 Å². The van der Waals surface area contributed by atoms with E-state index in [1.54, 1.807) is 0 Å². The zero-order valence-corrected chi connectivity index (χ0v) is 39.4. The number of benzene rings is 4. The van der Waals surface area contributed by atoms with Gasteiger partial charge in [0, 0.05) is 45.0 Å². The summed E-state index contributed by atoms with van der Waals surface area (Å²) in [6.07, 6.45) is 5.30. The number of furan rings is 1. The second kappa shape index (κ2) is 16.7. The molecule has 0 saturated carbocycles. The smallest absolute Gasteiger partial charge is 0.134 e. The quantitative estimate of drug-likeness (QED) is 0.0924. The molecule has 0 aliphatic heterocycles. The summed E-state index contributed by atoms with van der Waals surface area (Å²) in [5, 5.41) is 3.69. The van der Waals surface area contributed by atoms with E-state index in [2.05, 4.69) is 194 Å². The van der Waals surface area contributed by atoms with Crippen molar-refractivity contribution in [2.45, 2.75) is 86.9 Å². The van der Waals surface area contributed by atoms with E-state index in [4.69, 9.17) is 4.42 Å². The van der Waals surface area contributed by atoms with Crippen LogP contribution in [-0.2, 0) is 31.9 Å². The van der Waals surface area contributed by atoms with Gasteiger partial charge in [-0.05, 0) is 60.4 Å². The number of hydrogen-bond acceptors (Lipinski definition) is 1. The molecule has 3 nitrogen and oxygen atoms in total. The maximum atomic E-state index is 6.33. The van der Waals surface area contributed by atoms with Crippen LogP contribution < -0.4 is 14.3 Å². The number of fused-ring (bicyclic) bond motifs is 3. The summed E-state index contributed by atoms with van der Waals surface area (Å²) in [5.74, 6) is 0.598. The van der Waals surface area contributed by atoms with Crippen LogP contribution in [0.15, 0.2) is 102 Å². The molecule has 3 heterocycles. The van der Waals surface area contributed by atoms with Crippen LogP contribution in [0.4, 0.5) is 0 Å². The van der Waals surface area contributed by atoms with Crippen LogP contribution in [0.1, 0.15) is 73.6 Å². The minimum absolute atomic E-state index is 0. The van der Waals surface area contributed by atoms with E-state index in [1.165, 1.54) is 44.1 Å². The molecular formula is C52H60IrN2OSi-2. The maximum absolute atomic E-state index is 6.33. The van der Waals surface area contributed by atoms with E-state index in [1.807, 2.05) is 15.3 Å². The Morgan fingerprint density at radius 3 is 1.95 bits per heavy atom. The molecule has 7 rings (SSSR count). The Morgan fingerprint density at radius 1 is 0.667 bits per heavy atom. The summed E-state index contributed by atoms with van der Waals surface area (Å²) >= 11 is 0. The van der Waals surface area contributed by atoms with Gasteiger partial charge in [-0.15, -0.1) is 34.9 Å². The predicted octanol–water partition coefficient (Wildman–Crippen LogP) is 12.5. The van der Waals surface area contributed by atoms with E-state index in [9.17, 15) is 0 Å². The summed E-state index contributed by atoms with van der Waals surface area (Å²) in [4.78, 5) is 0. The van der Waals surface area contributed by atoms with Gasteiger partial charge in [-0.1, -0.05) is 132 Å².